The third-order valence-corrected chi connectivity index (χ3v) is 6.94. The summed E-state index contributed by atoms with van der Waals surface area (Å²) < 4.78 is 51.2. The van der Waals surface area contributed by atoms with Gasteiger partial charge in [-0.3, -0.25) is 4.79 Å². The summed E-state index contributed by atoms with van der Waals surface area (Å²) in [5.41, 5.74) is 0.373. The maximum atomic E-state index is 13.0. The van der Waals surface area contributed by atoms with E-state index in [2.05, 4.69) is 5.32 Å². The number of benzene rings is 2. The molecule has 0 saturated carbocycles. The number of nitrogens with one attached hydrogen (secondary N) is 1. The van der Waals surface area contributed by atoms with Crippen LogP contribution in [-0.4, -0.2) is 51.0 Å². The lowest BCUT2D eigenvalue weighted by molar-refractivity contribution is 0.0924. The normalized spacial score (nSPS) is 17.7. The highest BCUT2D eigenvalue weighted by Crippen LogP contribution is 2.33. The average molecular weight is 420 g/mol. The summed E-state index contributed by atoms with van der Waals surface area (Å²) in [4.78, 5) is 12.4. The first-order valence-electron chi connectivity index (χ1n) is 9.40. The largest absolute Gasteiger partial charge is 0.486 e. The predicted molar refractivity (Wildman–Crippen MR) is 103 cm³/mol. The average Bonchev–Trinajstić information content (AvgIpc) is 2.74. The third-order valence-electron chi connectivity index (χ3n) is 5.05. The van der Waals surface area contributed by atoms with Gasteiger partial charge >= 0.3 is 0 Å². The van der Waals surface area contributed by atoms with Crippen LogP contribution in [0.4, 0.5) is 4.39 Å². The number of hydrogen-bond donors (Lipinski definition) is 1. The van der Waals surface area contributed by atoms with E-state index in [1.54, 1.807) is 6.07 Å². The molecule has 0 aliphatic carbocycles. The maximum absolute atomic E-state index is 13.0. The van der Waals surface area contributed by atoms with Gasteiger partial charge in [-0.2, -0.15) is 4.31 Å². The number of carbonyl (C=O) groups is 1. The van der Waals surface area contributed by atoms with E-state index in [1.807, 2.05) is 0 Å². The molecule has 7 nitrogen and oxygen atoms in total. The highest BCUT2D eigenvalue weighted by molar-refractivity contribution is 7.89. The standard InChI is InChI=1S/C20H21FN2O5S/c21-15-3-1-14(2-4-15)20(24)22-16-7-9-23(10-8-16)29(25,26)17-5-6-18-19(13-17)28-12-11-27-18/h1-6,13,16H,7-12H2,(H,22,24). The Morgan fingerprint density at radius 3 is 2.34 bits per heavy atom. The fourth-order valence-electron chi connectivity index (χ4n) is 3.44. The zero-order chi connectivity index (χ0) is 20.4. The number of ether oxygens (including phenoxy) is 2. The van der Waals surface area contributed by atoms with E-state index in [9.17, 15) is 17.6 Å². The van der Waals surface area contributed by atoms with Gasteiger partial charge in [0.25, 0.3) is 5.91 Å². The van der Waals surface area contributed by atoms with Crippen molar-refractivity contribution in [3.63, 3.8) is 0 Å². The Balaban J connectivity index is 1.38. The summed E-state index contributed by atoms with van der Waals surface area (Å²) in [6.07, 6.45) is 0.993. The Morgan fingerprint density at radius 1 is 1.00 bits per heavy atom. The van der Waals surface area contributed by atoms with E-state index < -0.39 is 15.8 Å². The van der Waals surface area contributed by atoms with Crippen molar-refractivity contribution in [3.8, 4) is 11.5 Å². The summed E-state index contributed by atoms with van der Waals surface area (Å²) >= 11 is 0. The molecule has 0 atom stereocenters. The van der Waals surface area contributed by atoms with Crippen LogP contribution in [0.3, 0.4) is 0 Å². The van der Waals surface area contributed by atoms with Crippen LogP contribution in [0.2, 0.25) is 0 Å². The molecule has 0 spiro atoms. The van der Waals surface area contributed by atoms with Crippen LogP contribution in [0.5, 0.6) is 11.5 Å². The molecule has 0 radical (unpaired) electrons. The molecule has 1 saturated heterocycles. The SMILES string of the molecule is O=C(NC1CCN(S(=O)(=O)c2ccc3c(c2)OCCO3)CC1)c1ccc(F)cc1. The Hall–Kier alpha value is -2.65. The highest BCUT2D eigenvalue weighted by Gasteiger charge is 2.31. The summed E-state index contributed by atoms with van der Waals surface area (Å²) in [7, 11) is -3.66. The van der Waals surface area contributed by atoms with Crippen LogP contribution in [0, 0.1) is 5.82 Å². The highest BCUT2D eigenvalue weighted by atomic mass is 32.2. The van der Waals surface area contributed by atoms with Gasteiger partial charge in [-0.05, 0) is 49.2 Å². The van der Waals surface area contributed by atoms with Gasteiger partial charge in [-0.25, -0.2) is 12.8 Å². The fraction of sp³-hybridized carbons (Fsp3) is 0.350. The van der Waals surface area contributed by atoms with Crippen molar-refractivity contribution in [3.05, 3.63) is 53.8 Å². The molecule has 0 aromatic heterocycles. The molecule has 0 bridgehead atoms. The first kappa shape index (κ1) is 19.7. The van der Waals surface area contributed by atoms with Gasteiger partial charge in [-0.1, -0.05) is 0 Å². The van der Waals surface area contributed by atoms with Gasteiger partial charge in [0.05, 0.1) is 4.90 Å². The van der Waals surface area contributed by atoms with E-state index in [4.69, 9.17) is 9.47 Å². The minimum atomic E-state index is -3.66. The molecule has 0 unspecified atom stereocenters. The molecule has 154 valence electrons. The topological polar surface area (TPSA) is 84.9 Å². The van der Waals surface area contributed by atoms with Crippen LogP contribution >= 0.6 is 0 Å². The number of hydrogen-bond acceptors (Lipinski definition) is 5. The van der Waals surface area contributed by atoms with E-state index >= 15 is 0 Å². The molecule has 2 aromatic rings. The minimum Gasteiger partial charge on any atom is -0.486 e. The molecule has 1 amide bonds. The second-order valence-corrected chi connectivity index (χ2v) is 8.90. The van der Waals surface area contributed by atoms with Crippen molar-refractivity contribution in [2.45, 2.75) is 23.8 Å². The Labute approximate surface area is 168 Å². The minimum absolute atomic E-state index is 0.140. The molecular weight excluding hydrogens is 399 g/mol. The summed E-state index contributed by atoms with van der Waals surface area (Å²) in [5, 5.41) is 2.89. The van der Waals surface area contributed by atoms with Crippen LogP contribution in [-0.2, 0) is 10.0 Å². The van der Waals surface area contributed by atoms with Crippen LogP contribution < -0.4 is 14.8 Å². The number of halogens is 1. The second-order valence-electron chi connectivity index (χ2n) is 6.96. The van der Waals surface area contributed by atoms with E-state index in [1.165, 1.54) is 40.7 Å². The van der Waals surface area contributed by atoms with Crippen molar-refractivity contribution in [1.82, 2.24) is 9.62 Å². The molecule has 4 rings (SSSR count). The second kappa shape index (κ2) is 8.00. The molecule has 2 aliphatic heterocycles. The quantitative estimate of drug-likeness (QED) is 0.820. The molecular formula is C20H21FN2O5S. The van der Waals surface area contributed by atoms with Crippen molar-refractivity contribution in [2.24, 2.45) is 0 Å². The number of amides is 1. The lowest BCUT2D eigenvalue weighted by atomic mass is 10.1. The number of nitrogens with zero attached hydrogens (tertiary/aromatic N) is 1. The van der Waals surface area contributed by atoms with E-state index in [0.29, 0.717) is 56.2 Å². The lowest BCUT2D eigenvalue weighted by Gasteiger charge is -2.32. The predicted octanol–water partition coefficient (Wildman–Crippen LogP) is 2.18. The van der Waals surface area contributed by atoms with Gasteiger partial charge < -0.3 is 14.8 Å². The molecule has 2 heterocycles. The maximum Gasteiger partial charge on any atom is 0.251 e. The fourth-order valence-corrected chi connectivity index (χ4v) is 4.93. The Bertz CT molecular complexity index is 1000. The monoisotopic (exact) mass is 420 g/mol. The number of carbonyl (C=O) groups excluding carboxylic acids is 1. The summed E-state index contributed by atoms with van der Waals surface area (Å²) in [6.45, 7) is 1.42. The van der Waals surface area contributed by atoms with Crippen LogP contribution in [0.15, 0.2) is 47.4 Å². The molecule has 1 N–H and O–H groups in total. The van der Waals surface area contributed by atoms with Crippen molar-refractivity contribution in [1.29, 1.82) is 0 Å². The Kier molecular flexibility index (Phi) is 5.42. The van der Waals surface area contributed by atoms with E-state index in [-0.39, 0.29) is 16.8 Å². The summed E-state index contributed by atoms with van der Waals surface area (Å²) in [5.74, 6) is 0.272. The molecule has 9 heteroatoms. The van der Waals surface area contributed by atoms with Gasteiger partial charge in [0.15, 0.2) is 11.5 Å². The first-order valence-corrected chi connectivity index (χ1v) is 10.8. The van der Waals surface area contributed by atoms with Gasteiger partial charge in [-0.15, -0.1) is 0 Å². The van der Waals surface area contributed by atoms with Crippen LogP contribution in [0.25, 0.3) is 0 Å². The molecule has 29 heavy (non-hydrogen) atoms. The molecule has 2 aromatic carbocycles. The zero-order valence-electron chi connectivity index (χ0n) is 15.6. The van der Waals surface area contributed by atoms with Crippen molar-refractivity contribution in [2.75, 3.05) is 26.3 Å². The summed E-state index contributed by atoms with van der Waals surface area (Å²) in [6, 6.07) is 9.79. The molecule has 1 fully saturated rings. The zero-order valence-corrected chi connectivity index (χ0v) is 16.5. The number of fused-ring (bicyclic) bond motifs is 1. The first-order chi connectivity index (χ1) is 13.9. The van der Waals surface area contributed by atoms with Crippen molar-refractivity contribution < 1.29 is 27.1 Å². The van der Waals surface area contributed by atoms with Crippen molar-refractivity contribution >= 4 is 15.9 Å². The lowest BCUT2D eigenvalue weighted by Crippen LogP contribution is -2.46. The molecule has 2 aliphatic rings. The number of rotatable bonds is 4. The Morgan fingerprint density at radius 2 is 1.66 bits per heavy atom. The van der Waals surface area contributed by atoms with E-state index in [0.717, 1.165) is 0 Å². The smallest absolute Gasteiger partial charge is 0.251 e. The third kappa shape index (κ3) is 4.20. The number of sulfonamides is 1. The van der Waals surface area contributed by atoms with Gasteiger partial charge in [0.1, 0.15) is 19.0 Å². The van der Waals surface area contributed by atoms with Crippen LogP contribution in [0.1, 0.15) is 23.2 Å². The van der Waals surface area contributed by atoms with Gasteiger partial charge in [0, 0.05) is 30.8 Å². The number of piperidine rings is 1. The van der Waals surface area contributed by atoms with Gasteiger partial charge in [0.2, 0.25) is 10.0 Å².